The van der Waals surface area contributed by atoms with E-state index in [9.17, 15) is 17.8 Å². The summed E-state index contributed by atoms with van der Waals surface area (Å²) in [6.45, 7) is 3.64. The number of unbranched alkanes of at least 4 members (excludes halogenated alkanes) is 12. The van der Waals surface area contributed by atoms with Gasteiger partial charge in [0.25, 0.3) is 5.91 Å². The van der Waals surface area contributed by atoms with Crippen LogP contribution >= 0.6 is 0 Å². The first-order chi connectivity index (χ1) is 20.2. The molecule has 0 spiro atoms. The Kier molecular flexibility index (Phi) is 20.5. The van der Waals surface area contributed by atoms with Gasteiger partial charge in [-0.15, -0.1) is 0 Å². The van der Waals surface area contributed by atoms with Crippen molar-refractivity contribution < 1.29 is 27.1 Å². The summed E-state index contributed by atoms with van der Waals surface area (Å²) in [5.41, 5.74) is 4.65. The molecule has 42 heavy (non-hydrogen) atoms. The molecule has 1 unspecified atom stereocenters. The maximum atomic E-state index is 12.4. The highest BCUT2D eigenvalue weighted by atomic mass is 32.2. The molecular formula is C34H54N2O5S. The van der Waals surface area contributed by atoms with Crippen LogP contribution in [0.3, 0.4) is 0 Å². The van der Waals surface area contributed by atoms with E-state index in [1.54, 1.807) is 43.5 Å². The van der Waals surface area contributed by atoms with E-state index in [4.69, 9.17) is 4.74 Å². The Morgan fingerprint density at radius 3 is 1.76 bits per heavy atom. The fraction of sp³-hybridized carbons (Fsp3) is 0.559. The lowest BCUT2D eigenvalue weighted by molar-refractivity contribution is -0.960. The van der Waals surface area contributed by atoms with Gasteiger partial charge in [-0.1, -0.05) is 138 Å². The number of methoxy groups -OCH3 is 1. The fourth-order valence-corrected chi connectivity index (χ4v) is 5.33. The van der Waals surface area contributed by atoms with Gasteiger partial charge in [0.15, 0.2) is 0 Å². The number of ether oxygens (including phenoxy) is 1. The van der Waals surface area contributed by atoms with Crippen molar-refractivity contribution in [1.29, 1.82) is 0 Å². The van der Waals surface area contributed by atoms with E-state index < -0.39 is 15.9 Å². The summed E-state index contributed by atoms with van der Waals surface area (Å²) in [7, 11) is -0.414. The van der Waals surface area contributed by atoms with Crippen LogP contribution in [0.2, 0.25) is 0 Å². The lowest BCUT2D eigenvalue weighted by Crippen LogP contribution is -2.58. The molecule has 1 N–H and O–H groups in total. The number of benzene rings is 2. The molecule has 236 valence electrons. The molecule has 2 rings (SSSR count). The standard InChI is InChI=1S/C27H46N2O2.C7H8O3S/c1-4-5-6-7-8-9-10-11-12-13-14-15-19-24-29(2,25-31-3)28-27(30)23-22-26-20-17-16-18-21-26;8-11(9,10)6-7-4-2-1-3-5-7/h16-18,20-23H,4-15,19,24-25H2,1-3H3;1-5H,6H2,(H,8,9,10). The number of carbonyl (C=O) groups excluding carboxylic acids is 1. The van der Waals surface area contributed by atoms with Crippen LogP contribution in [0.5, 0.6) is 0 Å². The van der Waals surface area contributed by atoms with E-state index in [1.807, 2.05) is 43.5 Å². The van der Waals surface area contributed by atoms with Crippen molar-refractivity contribution in [1.82, 2.24) is 5.43 Å². The number of quaternary nitrogens is 1. The van der Waals surface area contributed by atoms with Crippen LogP contribution in [0.4, 0.5) is 0 Å². The number of rotatable bonds is 21. The average Bonchev–Trinajstić information content (AvgIpc) is 2.95. The summed E-state index contributed by atoms with van der Waals surface area (Å²) in [6, 6.07) is 18.3. The minimum Gasteiger partial charge on any atom is -0.748 e. The molecule has 0 radical (unpaired) electrons. The lowest BCUT2D eigenvalue weighted by atomic mass is 10.0. The summed E-state index contributed by atoms with van der Waals surface area (Å²) in [5.74, 6) is -0.508. The molecule has 0 aliphatic rings. The van der Waals surface area contributed by atoms with Crippen LogP contribution in [0.25, 0.3) is 6.08 Å². The first kappa shape index (κ1) is 37.5. The van der Waals surface area contributed by atoms with Crippen molar-refractivity contribution in [3.05, 3.63) is 77.9 Å². The number of nitrogens with one attached hydrogen (secondary N) is 1. The molecule has 1 atom stereocenters. The first-order valence-corrected chi connectivity index (χ1v) is 17.1. The molecule has 0 saturated heterocycles. The monoisotopic (exact) mass is 602 g/mol. The highest BCUT2D eigenvalue weighted by molar-refractivity contribution is 7.84. The van der Waals surface area contributed by atoms with Crippen LogP contribution in [0.1, 0.15) is 102 Å². The Morgan fingerprint density at radius 2 is 1.29 bits per heavy atom. The predicted molar refractivity (Wildman–Crippen MR) is 172 cm³/mol. The van der Waals surface area contributed by atoms with Gasteiger partial charge >= 0.3 is 0 Å². The zero-order valence-corrected chi connectivity index (χ0v) is 27.0. The van der Waals surface area contributed by atoms with Crippen LogP contribution < -0.4 is 5.43 Å². The summed E-state index contributed by atoms with van der Waals surface area (Å²) < 4.78 is 36.5. The van der Waals surface area contributed by atoms with E-state index >= 15 is 0 Å². The largest absolute Gasteiger partial charge is 0.748 e. The zero-order chi connectivity index (χ0) is 30.9. The molecule has 0 aliphatic heterocycles. The minimum atomic E-state index is -4.13. The lowest BCUT2D eigenvalue weighted by Gasteiger charge is -2.32. The first-order valence-electron chi connectivity index (χ1n) is 15.5. The second kappa shape index (κ2) is 23.0. The van der Waals surface area contributed by atoms with Crippen LogP contribution in [-0.2, 0) is 25.4 Å². The van der Waals surface area contributed by atoms with Gasteiger partial charge in [-0.25, -0.2) is 13.0 Å². The Morgan fingerprint density at radius 1 is 0.810 bits per heavy atom. The highest BCUT2D eigenvalue weighted by Crippen LogP contribution is 2.13. The number of nitrogens with zero attached hydrogens (tertiary/aromatic N) is 1. The molecular weight excluding hydrogens is 548 g/mol. The molecule has 7 nitrogen and oxygen atoms in total. The molecule has 2 aromatic carbocycles. The van der Waals surface area contributed by atoms with E-state index in [2.05, 4.69) is 12.3 Å². The van der Waals surface area contributed by atoms with Gasteiger partial charge in [0.1, 0.15) is 6.54 Å². The molecule has 2 aromatic rings. The number of hydrogen-bond donors (Lipinski definition) is 1. The fourth-order valence-electron chi connectivity index (χ4n) is 4.73. The third kappa shape index (κ3) is 21.2. The quantitative estimate of drug-likeness (QED) is 0.0396. The van der Waals surface area contributed by atoms with E-state index in [1.165, 1.54) is 77.0 Å². The van der Waals surface area contributed by atoms with Gasteiger partial charge in [-0.3, -0.25) is 4.79 Å². The van der Waals surface area contributed by atoms with Crippen molar-refractivity contribution in [3.8, 4) is 0 Å². The second-order valence-corrected chi connectivity index (χ2v) is 12.6. The molecule has 8 heteroatoms. The highest BCUT2D eigenvalue weighted by Gasteiger charge is 2.23. The van der Waals surface area contributed by atoms with Gasteiger partial charge in [-0.05, 0) is 30.0 Å². The van der Waals surface area contributed by atoms with Crippen LogP contribution in [0.15, 0.2) is 66.7 Å². The Hall–Kier alpha value is -2.52. The van der Waals surface area contributed by atoms with E-state index in [0.717, 1.165) is 18.5 Å². The minimum absolute atomic E-state index is 0.0851. The Labute approximate surface area is 255 Å². The Bertz CT molecular complexity index is 1080. The maximum absolute atomic E-state index is 12.4. The van der Waals surface area contributed by atoms with Gasteiger partial charge in [0.2, 0.25) is 6.73 Å². The van der Waals surface area contributed by atoms with Gasteiger partial charge in [0.05, 0.1) is 22.9 Å². The molecule has 0 fully saturated rings. The van der Waals surface area contributed by atoms with Gasteiger partial charge in [0, 0.05) is 13.2 Å². The number of hydrogen-bond acceptors (Lipinski definition) is 5. The number of amides is 1. The molecule has 0 aromatic heterocycles. The van der Waals surface area contributed by atoms with Crippen molar-refractivity contribution in [2.24, 2.45) is 0 Å². The molecule has 0 heterocycles. The van der Waals surface area contributed by atoms with Crippen molar-refractivity contribution in [3.63, 3.8) is 0 Å². The summed E-state index contributed by atoms with van der Waals surface area (Å²) in [5, 5.41) is 0. The molecule has 0 aliphatic carbocycles. The van der Waals surface area contributed by atoms with Crippen LogP contribution in [0, 0.1) is 0 Å². The summed E-state index contributed by atoms with van der Waals surface area (Å²) in [6.07, 6.45) is 20.9. The molecule has 0 saturated carbocycles. The third-order valence-electron chi connectivity index (χ3n) is 6.96. The smallest absolute Gasteiger partial charge is 0.288 e. The van der Waals surface area contributed by atoms with E-state index in [0.29, 0.717) is 16.9 Å². The maximum Gasteiger partial charge on any atom is 0.288 e. The van der Waals surface area contributed by atoms with Crippen molar-refractivity contribution >= 4 is 22.1 Å². The molecule has 0 bridgehead atoms. The summed E-state index contributed by atoms with van der Waals surface area (Å²) >= 11 is 0. The predicted octanol–water partition coefficient (Wildman–Crippen LogP) is 7.60. The van der Waals surface area contributed by atoms with Gasteiger partial charge < -0.3 is 9.29 Å². The third-order valence-corrected chi connectivity index (χ3v) is 7.65. The molecule has 1 amide bonds. The average molecular weight is 603 g/mol. The summed E-state index contributed by atoms with van der Waals surface area (Å²) in [4.78, 5) is 12.4. The van der Waals surface area contributed by atoms with Crippen LogP contribution in [-0.4, -0.2) is 50.9 Å². The topological polar surface area (TPSA) is 95.5 Å². The van der Waals surface area contributed by atoms with Crippen molar-refractivity contribution in [2.45, 2.75) is 96.1 Å². The SMILES string of the molecule is CCCCCCCCCCCCCCC[N+](C)(COC)NC(=O)C=Cc1ccccc1.O=S(=O)([O-])Cc1ccccc1. The number of carbonyl (C=O) groups is 1. The second-order valence-electron chi connectivity index (χ2n) is 11.2. The van der Waals surface area contributed by atoms with Gasteiger partial charge in [-0.2, -0.15) is 5.43 Å². The Balaban J connectivity index is 0.000000666. The normalized spacial score (nSPS) is 12.9. The van der Waals surface area contributed by atoms with Crippen molar-refractivity contribution in [2.75, 3.05) is 27.4 Å². The van der Waals surface area contributed by atoms with E-state index in [-0.39, 0.29) is 5.91 Å². The zero-order valence-electron chi connectivity index (χ0n) is 26.1.